The van der Waals surface area contributed by atoms with Gasteiger partial charge in [0.15, 0.2) is 5.82 Å². The molecule has 11 heteroatoms. The van der Waals surface area contributed by atoms with Crippen LogP contribution in [0.15, 0.2) is 46.2 Å². The van der Waals surface area contributed by atoms with E-state index in [0.29, 0.717) is 22.9 Å². The number of pyridine rings is 1. The molecule has 0 aliphatic carbocycles. The summed E-state index contributed by atoms with van der Waals surface area (Å²) in [5, 5.41) is 3.03. The second-order valence-corrected chi connectivity index (χ2v) is 10.5. The molecule has 0 radical (unpaired) electrons. The van der Waals surface area contributed by atoms with Crippen molar-refractivity contribution in [1.82, 2.24) is 24.4 Å². The number of aromatic nitrogens is 4. The SMILES string of the molecule is CC(C)n1c(=O)c(=O)sc2c(F)cc(-c3nc(Nc4ccc(C5CCN(C)CC5)nc4)ncc3F)cc21. The highest BCUT2D eigenvalue weighted by atomic mass is 32.1. The summed E-state index contributed by atoms with van der Waals surface area (Å²) in [5.41, 5.74) is 1.13. The smallest absolute Gasteiger partial charge is 0.309 e. The number of benzene rings is 1. The van der Waals surface area contributed by atoms with E-state index in [2.05, 4.69) is 32.2 Å². The number of hydrogen-bond acceptors (Lipinski definition) is 8. The minimum atomic E-state index is -0.761. The Bertz CT molecular complexity index is 1580. The molecular weight excluding hydrogens is 498 g/mol. The van der Waals surface area contributed by atoms with Crippen LogP contribution >= 0.6 is 11.3 Å². The molecule has 37 heavy (non-hydrogen) atoms. The number of rotatable bonds is 5. The average molecular weight is 525 g/mol. The number of anilines is 2. The van der Waals surface area contributed by atoms with Crippen LogP contribution in [0.2, 0.25) is 0 Å². The second kappa shape index (κ2) is 10.1. The van der Waals surface area contributed by atoms with Crippen molar-refractivity contribution in [3.05, 3.63) is 73.9 Å². The largest absolute Gasteiger partial charge is 0.323 e. The molecule has 0 spiro atoms. The van der Waals surface area contributed by atoms with Crippen LogP contribution in [-0.2, 0) is 0 Å². The summed E-state index contributed by atoms with van der Waals surface area (Å²) in [6.45, 7) is 5.52. The molecule has 3 aromatic heterocycles. The molecule has 1 fully saturated rings. The fourth-order valence-corrected chi connectivity index (χ4v) is 5.43. The first-order chi connectivity index (χ1) is 17.7. The van der Waals surface area contributed by atoms with Gasteiger partial charge >= 0.3 is 5.56 Å². The third kappa shape index (κ3) is 5.01. The van der Waals surface area contributed by atoms with Crippen molar-refractivity contribution in [2.24, 2.45) is 0 Å². The van der Waals surface area contributed by atoms with Crippen LogP contribution < -0.4 is 15.6 Å². The zero-order valence-corrected chi connectivity index (χ0v) is 21.5. The van der Waals surface area contributed by atoms with Gasteiger partial charge in [0.25, 0.3) is 4.74 Å². The van der Waals surface area contributed by atoms with Crippen molar-refractivity contribution in [2.75, 3.05) is 25.5 Å². The Morgan fingerprint density at radius 1 is 1.05 bits per heavy atom. The quantitative estimate of drug-likeness (QED) is 0.379. The summed E-state index contributed by atoms with van der Waals surface area (Å²) in [6.07, 6.45) is 4.82. The molecule has 192 valence electrons. The van der Waals surface area contributed by atoms with Crippen LogP contribution in [0.5, 0.6) is 0 Å². The van der Waals surface area contributed by atoms with Crippen LogP contribution in [-0.4, -0.2) is 44.6 Å². The standard InChI is InChI=1S/C26H26F2N6O2S/c1-14(2)34-21-11-16(10-18(27)23(21)37-25(36)24(34)35)22-19(28)13-30-26(32-22)31-17-4-5-20(29-12-17)15-6-8-33(3)9-7-15/h4-5,10-15H,6-9H2,1-3H3,(H,30,31,32). The first kappa shape index (κ1) is 25.1. The number of nitrogens with zero attached hydrogens (tertiary/aromatic N) is 5. The third-order valence-corrected chi connectivity index (χ3v) is 7.55. The van der Waals surface area contributed by atoms with Crippen LogP contribution in [0.3, 0.4) is 0 Å². The van der Waals surface area contributed by atoms with Crippen LogP contribution in [0.1, 0.15) is 44.3 Å². The van der Waals surface area contributed by atoms with Gasteiger partial charge in [-0.2, -0.15) is 0 Å². The van der Waals surface area contributed by atoms with E-state index in [9.17, 15) is 14.0 Å². The molecule has 0 bridgehead atoms. The molecule has 4 heterocycles. The molecule has 8 nitrogen and oxygen atoms in total. The molecule has 0 unspecified atom stereocenters. The highest BCUT2D eigenvalue weighted by molar-refractivity contribution is 7.16. The maximum absolute atomic E-state index is 15.0. The summed E-state index contributed by atoms with van der Waals surface area (Å²) in [7, 11) is 2.12. The molecule has 0 saturated carbocycles. The number of likely N-dealkylation sites (tertiary alicyclic amines) is 1. The van der Waals surface area contributed by atoms with E-state index in [1.165, 1.54) is 10.6 Å². The van der Waals surface area contributed by atoms with E-state index in [0.717, 1.165) is 43.9 Å². The van der Waals surface area contributed by atoms with Crippen molar-refractivity contribution in [3.63, 3.8) is 0 Å². The van der Waals surface area contributed by atoms with Gasteiger partial charge in [-0.1, -0.05) is 11.3 Å². The highest BCUT2D eigenvalue weighted by Crippen LogP contribution is 2.30. The highest BCUT2D eigenvalue weighted by Gasteiger charge is 2.20. The Morgan fingerprint density at radius 2 is 1.81 bits per heavy atom. The van der Waals surface area contributed by atoms with Gasteiger partial charge in [-0.3, -0.25) is 14.6 Å². The van der Waals surface area contributed by atoms with E-state index >= 15 is 4.39 Å². The first-order valence-electron chi connectivity index (χ1n) is 12.0. The molecule has 1 N–H and O–H groups in total. The predicted molar refractivity (Wildman–Crippen MR) is 141 cm³/mol. The summed E-state index contributed by atoms with van der Waals surface area (Å²) < 4.78 is 30.3. The zero-order chi connectivity index (χ0) is 26.3. The number of fused-ring (bicyclic) bond motifs is 1. The van der Waals surface area contributed by atoms with E-state index in [1.54, 1.807) is 20.0 Å². The molecule has 1 aliphatic heterocycles. The molecule has 0 amide bonds. The van der Waals surface area contributed by atoms with E-state index in [4.69, 9.17) is 0 Å². The van der Waals surface area contributed by atoms with Gasteiger partial charge in [-0.15, -0.1) is 0 Å². The lowest BCUT2D eigenvalue weighted by Crippen LogP contribution is -2.33. The summed E-state index contributed by atoms with van der Waals surface area (Å²) >= 11 is 0.539. The lowest BCUT2D eigenvalue weighted by atomic mass is 9.93. The van der Waals surface area contributed by atoms with Gasteiger partial charge < -0.3 is 14.8 Å². The zero-order valence-electron chi connectivity index (χ0n) is 20.7. The number of hydrogen-bond donors (Lipinski definition) is 1. The summed E-state index contributed by atoms with van der Waals surface area (Å²) in [4.78, 5) is 39.7. The summed E-state index contributed by atoms with van der Waals surface area (Å²) in [6, 6.07) is 6.04. The Morgan fingerprint density at radius 3 is 2.49 bits per heavy atom. The van der Waals surface area contributed by atoms with Gasteiger partial charge in [0, 0.05) is 23.2 Å². The van der Waals surface area contributed by atoms with Crippen molar-refractivity contribution < 1.29 is 8.78 Å². The fraction of sp³-hybridized carbons (Fsp3) is 0.346. The maximum Gasteiger partial charge on any atom is 0.309 e. The molecule has 1 saturated heterocycles. The topological polar surface area (TPSA) is 93.0 Å². The van der Waals surface area contributed by atoms with Gasteiger partial charge in [0.2, 0.25) is 5.95 Å². The van der Waals surface area contributed by atoms with E-state index < -0.39 is 28.0 Å². The van der Waals surface area contributed by atoms with Crippen molar-refractivity contribution in [3.8, 4) is 11.3 Å². The number of halogens is 2. The Balaban J connectivity index is 1.47. The minimum absolute atomic E-state index is 0.0330. The van der Waals surface area contributed by atoms with Gasteiger partial charge in [0.1, 0.15) is 11.5 Å². The fourth-order valence-electron chi connectivity index (χ4n) is 4.64. The Kier molecular flexibility index (Phi) is 6.82. The summed E-state index contributed by atoms with van der Waals surface area (Å²) in [5.74, 6) is -0.943. The lowest BCUT2D eigenvalue weighted by Gasteiger charge is -2.28. The Hall–Kier alpha value is -3.57. The number of nitrogens with one attached hydrogen (secondary N) is 1. The molecular formula is C26H26F2N6O2S. The van der Waals surface area contributed by atoms with Gasteiger partial charge in [0.05, 0.1) is 28.3 Å². The predicted octanol–water partition coefficient (Wildman–Crippen LogP) is 4.69. The van der Waals surface area contributed by atoms with Crippen LogP contribution in [0.4, 0.5) is 20.4 Å². The molecule has 1 aromatic carbocycles. The van der Waals surface area contributed by atoms with Gasteiger partial charge in [-0.05, 0) is 71.1 Å². The average Bonchev–Trinajstić information content (AvgIpc) is 2.87. The number of piperidine rings is 1. The molecule has 0 atom stereocenters. The van der Waals surface area contributed by atoms with Crippen LogP contribution in [0, 0.1) is 11.6 Å². The third-order valence-electron chi connectivity index (χ3n) is 6.58. The van der Waals surface area contributed by atoms with Crippen molar-refractivity contribution >= 4 is 33.2 Å². The molecule has 4 aromatic rings. The van der Waals surface area contributed by atoms with Crippen LogP contribution in [0.25, 0.3) is 21.5 Å². The normalized spacial score (nSPS) is 15.0. The molecule has 1 aliphatic rings. The molecule has 5 rings (SSSR count). The van der Waals surface area contributed by atoms with E-state index in [-0.39, 0.29) is 27.4 Å². The lowest BCUT2D eigenvalue weighted by molar-refractivity contribution is 0.253. The van der Waals surface area contributed by atoms with Crippen molar-refractivity contribution in [2.45, 2.75) is 38.6 Å². The van der Waals surface area contributed by atoms with Gasteiger partial charge in [-0.25, -0.2) is 18.7 Å². The van der Waals surface area contributed by atoms with Crippen molar-refractivity contribution in [1.29, 1.82) is 0 Å². The maximum atomic E-state index is 15.0. The first-order valence-corrected chi connectivity index (χ1v) is 12.9. The van der Waals surface area contributed by atoms with E-state index in [1.807, 2.05) is 12.1 Å². The monoisotopic (exact) mass is 524 g/mol. The second-order valence-electron chi connectivity index (χ2n) is 9.53. The Labute approximate surface area is 215 Å². The minimum Gasteiger partial charge on any atom is -0.323 e.